The molecule has 4 nitrogen and oxygen atoms in total. The van der Waals surface area contributed by atoms with Gasteiger partial charge in [0.25, 0.3) is 5.69 Å². The summed E-state index contributed by atoms with van der Waals surface area (Å²) in [5, 5.41) is 12.5. The van der Waals surface area contributed by atoms with Gasteiger partial charge in [0.1, 0.15) is 0 Å². The van der Waals surface area contributed by atoms with Crippen molar-refractivity contribution in [3.63, 3.8) is 0 Å². The lowest BCUT2D eigenvalue weighted by molar-refractivity contribution is -0.383. The Labute approximate surface area is 93.3 Å². The minimum absolute atomic E-state index is 0.154. The van der Waals surface area contributed by atoms with E-state index in [2.05, 4.69) is 0 Å². The normalized spacial score (nSPS) is 10.4. The molecule has 0 unspecified atom stereocenters. The van der Waals surface area contributed by atoms with E-state index in [9.17, 15) is 10.1 Å². The molecule has 0 bridgehead atoms. The Morgan fingerprint density at radius 2 is 1.94 bits per heavy atom. The predicted molar refractivity (Wildman–Crippen MR) is 64.9 cm³/mol. The number of hydrogen-bond donors (Lipinski definition) is 0. The molecule has 0 radical (unpaired) electrons. The van der Waals surface area contributed by atoms with E-state index in [4.69, 9.17) is 0 Å². The van der Waals surface area contributed by atoms with E-state index in [1.807, 2.05) is 43.3 Å². The number of benzene rings is 2. The molecule has 0 fully saturated rings. The molecule has 82 valence electrons. The summed E-state index contributed by atoms with van der Waals surface area (Å²) in [7, 11) is 3.83. The maximum Gasteiger partial charge on any atom is 0.277 e. The van der Waals surface area contributed by atoms with E-state index in [0.29, 0.717) is 5.39 Å². The Morgan fingerprint density at radius 1 is 1.19 bits per heavy atom. The van der Waals surface area contributed by atoms with Crippen LogP contribution in [0.25, 0.3) is 10.8 Å². The summed E-state index contributed by atoms with van der Waals surface area (Å²) in [6, 6.07) is 10.8. The molecule has 0 amide bonds. The van der Waals surface area contributed by atoms with Crippen LogP contribution in [0.5, 0.6) is 0 Å². The van der Waals surface area contributed by atoms with Crippen molar-refractivity contribution in [2.45, 2.75) is 0 Å². The fourth-order valence-electron chi connectivity index (χ4n) is 1.68. The topological polar surface area (TPSA) is 46.4 Å². The molecule has 0 saturated heterocycles. The van der Waals surface area contributed by atoms with E-state index >= 15 is 0 Å². The number of nitro groups is 1. The van der Waals surface area contributed by atoms with Gasteiger partial charge in [-0.1, -0.05) is 18.2 Å². The second-order valence-corrected chi connectivity index (χ2v) is 3.83. The molecule has 0 spiro atoms. The second kappa shape index (κ2) is 3.81. The first-order valence-corrected chi connectivity index (χ1v) is 4.94. The van der Waals surface area contributed by atoms with Crippen LogP contribution in [0, 0.1) is 10.1 Å². The molecule has 0 atom stereocenters. The third kappa shape index (κ3) is 1.69. The van der Waals surface area contributed by atoms with E-state index in [-0.39, 0.29) is 10.6 Å². The summed E-state index contributed by atoms with van der Waals surface area (Å²) in [5.41, 5.74) is 1.11. The highest BCUT2D eigenvalue weighted by molar-refractivity contribution is 5.93. The van der Waals surface area contributed by atoms with Crippen LogP contribution >= 0.6 is 0 Å². The molecule has 0 aliphatic heterocycles. The highest BCUT2D eigenvalue weighted by atomic mass is 16.6. The minimum Gasteiger partial charge on any atom is -0.378 e. The lowest BCUT2D eigenvalue weighted by Crippen LogP contribution is -2.08. The van der Waals surface area contributed by atoms with Gasteiger partial charge in [0.2, 0.25) is 0 Å². The zero-order valence-corrected chi connectivity index (χ0v) is 9.18. The number of rotatable bonds is 2. The lowest BCUT2D eigenvalue weighted by Gasteiger charge is -2.12. The first-order valence-electron chi connectivity index (χ1n) is 4.94. The molecule has 0 N–H and O–H groups in total. The molecule has 0 aromatic heterocycles. The van der Waals surface area contributed by atoms with Crippen molar-refractivity contribution in [3.8, 4) is 0 Å². The monoisotopic (exact) mass is 216 g/mol. The quantitative estimate of drug-likeness (QED) is 0.572. The standard InChI is InChI=1S/C12H12N2O2/c1-13(2)10-7-6-9-4-3-5-12(14(15)16)11(9)8-10/h3-8H,1-2H3. The van der Waals surface area contributed by atoms with Crippen molar-refractivity contribution < 1.29 is 4.92 Å². The van der Waals surface area contributed by atoms with Gasteiger partial charge in [-0.3, -0.25) is 10.1 Å². The highest BCUT2D eigenvalue weighted by Gasteiger charge is 2.11. The Morgan fingerprint density at radius 3 is 2.56 bits per heavy atom. The first-order chi connectivity index (χ1) is 7.59. The van der Waals surface area contributed by atoms with Crippen LogP contribution in [0.15, 0.2) is 36.4 Å². The van der Waals surface area contributed by atoms with Crippen molar-refractivity contribution in [1.29, 1.82) is 0 Å². The number of anilines is 1. The largest absolute Gasteiger partial charge is 0.378 e. The summed E-state index contributed by atoms with van der Waals surface area (Å²) < 4.78 is 0. The van der Waals surface area contributed by atoms with Crippen LogP contribution in [-0.4, -0.2) is 19.0 Å². The fourth-order valence-corrected chi connectivity index (χ4v) is 1.68. The zero-order valence-electron chi connectivity index (χ0n) is 9.18. The van der Waals surface area contributed by atoms with Crippen molar-refractivity contribution in [3.05, 3.63) is 46.5 Å². The summed E-state index contributed by atoms with van der Waals surface area (Å²) >= 11 is 0. The Balaban J connectivity index is 2.73. The maximum absolute atomic E-state index is 10.9. The third-order valence-corrected chi connectivity index (χ3v) is 2.56. The van der Waals surface area contributed by atoms with Gasteiger partial charge in [0.05, 0.1) is 10.3 Å². The summed E-state index contributed by atoms with van der Waals surface area (Å²) in [4.78, 5) is 12.5. The van der Waals surface area contributed by atoms with Gasteiger partial charge in [-0.15, -0.1) is 0 Å². The molecular weight excluding hydrogens is 204 g/mol. The van der Waals surface area contributed by atoms with Gasteiger partial charge < -0.3 is 4.90 Å². The van der Waals surface area contributed by atoms with E-state index < -0.39 is 0 Å². The van der Waals surface area contributed by atoms with E-state index in [0.717, 1.165) is 11.1 Å². The van der Waals surface area contributed by atoms with Crippen molar-refractivity contribution >= 4 is 22.1 Å². The van der Waals surface area contributed by atoms with Crippen LogP contribution in [-0.2, 0) is 0 Å². The fraction of sp³-hybridized carbons (Fsp3) is 0.167. The van der Waals surface area contributed by atoms with E-state index in [1.165, 1.54) is 6.07 Å². The predicted octanol–water partition coefficient (Wildman–Crippen LogP) is 2.81. The number of hydrogen-bond acceptors (Lipinski definition) is 3. The molecule has 0 aliphatic rings. The molecule has 0 saturated carbocycles. The molecular formula is C12H12N2O2. The second-order valence-electron chi connectivity index (χ2n) is 3.83. The molecule has 4 heteroatoms. The molecule has 0 aliphatic carbocycles. The van der Waals surface area contributed by atoms with Gasteiger partial charge in [-0.25, -0.2) is 0 Å². The molecule has 16 heavy (non-hydrogen) atoms. The highest BCUT2D eigenvalue weighted by Crippen LogP contribution is 2.28. The number of non-ortho nitro benzene ring substituents is 1. The van der Waals surface area contributed by atoms with Crippen LogP contribution in [0.2, 0.25) is 0 Å². The summed E-state index contributed by atoms with van der Waals surface area (Å²) in [6.07, 6.45) is 0. The molecule has 2 aromatic rings. The molecule has 2 aromatic carbocycles. The zero-order chi connectivity index (χ0) is 11.7. The Kier molecular flexibility index (Phi) is 2.48. The van der Waals surface area contributed by atoms with Crippen LogP contribution in [0.4, 0.5) is 11.4 Å². The summed E-state index contributed by atoms with van der Waals surface area (Å²) in [5.74, 6) is 0. The average Bonchev–Trinajstić information content (AvgIpc) is 2.27. The van der Waals surface area contributed by atoms with Gasteiger partial charge in [-0.2, -0.15) is 0 Å². The number of nitrogens with zero attached hydrogens (tertiary/aromatic N) is 2. The number of fused-ring (bicyclic) bond motifs is 1. The Hall–Kier alpha value is -2.10. The van der Waals surface area contributed by atoms with Gasteiger partial charge in [0.15, 0.2) is 0 Å². The van der Waals surface area contributed by atoms with Crippen molar-refractivity contribution in [1.82, 2.24) is 0 Å². The Bertz CT molecular complexity index is 550. The van der Waals surface area contributed by atoms with Gasteiger partial charge in [0, 0.05) is 25.8 Å². The van der Waals surface area contributed by atoms with Crippen LogP contribution in [0.3, 0.4) is 0 Å². The maximum atomic E-state index is 10.9. The molecule has 2 rings (SSSR count). The smallest absolute Gasteiger partial charge is 0.277 e. The van der Waals surface area contributed by atoms with Crippen molar-refractivity contribution in [2.24, 2.45) is 0 Å². The van der Waals surface area contributed by atoms with Gasteiger partial charge >= 0.3 is 0 Å². The third-order valence-electron chi connectivity index (χ3n) is 2.56. The number of nitro benzene ring substituents is 1. The lowest BCUT2D eigenvalue weighted by atomic mass is 10.1. The summed E-state index contributed by atoms with van der Waals surface area (Å²) in [6.45, 7) is 0. The van der Waals surface area contributed by atoms with Crippen LogP contribution in [0.1, 0.15) is 0 Å². The minimum atomic E-state index is -0.345. The van der Waals surface area contributed by atoms with Gasteiger partial charge in [-0.05, 0) is 17.5 Å². The van der Waals surface area contributed by atoms with E-state index in [1.54, 1.807) is 6.07 Å². The SMILES string of the molecule is CN(C)c1ccc2cccc([N+](=O)[O-])c2c1. The molecule has 0 heterocycles. The van der Waals surface area contributed by atoms with Crippen molar-refractivity contribution in [2.75, 3.05) is 19.0 Å². The van der Waals surface area contributed by atoms with Crippen LogP contribution < -0.4 is 4.90 Å². The average molecular weight is 216 g/mol. The first kappa shape index (κ1) is 10.4.